The summed E-state index contributed by atoms with van der Waals surface area (Å²) in [4.78, 5) is 10.6. The third kappa shape index (κ3) is 12.2. The Bertz CT molecular complexity index is 156. The lowest BCUT2D eigenvalue weighted by molar-refractivity contribution is -0.119. The maximum Gasteiger partial charge on any atom is 0.150 e. The summed E-state index contributed by atoms with van der Waals surface area (Å²) in [5.74, 6) is 1.35. The van der Waals surface area contributed by atoms with E-state index in [2.05, 4.69) is 32.2 Å². The summed E-state index contributed by atoms with van der Waals surface area (Å²) in [7, 11) is 0. The normalized spacial score (nSPS) is 13.7. The highest BCUT2D eigenvalue weighted by Gasteiger charge is 2.06. The molecule has 5 heteroatoms. The fourth-order valence-corrected chi connectivity index (χ4v) is 1.21. The minimum Gasteiger partial charge on any atom is -0.327 e. The van der Waals surface area contributed by atoms with Gasteiger partial charge in [-0.15, -0.1) is 0 Å². The van der Waals surface area contributed by atoms with Crippen molar-refractivity contribution in [3.63, 3.8) is 0 Å². The third-order valence-corrected chi connectivity index (χ3v) is 2.72. The van der Waals surface area contributed by atoms with Crippen LogP contribution in [0.5, 0.6) is 0 Å². The number of ketones is 1. The molecular weight excluding hydrogens is 228 g/mol. The van der Waals surface area contributed by atoms with Crippen LogP contribution >= 0.6 is 25.3 Å². The van der Waals surface area contributed by atoms with Gasteiger partial charge < -0.3 is 11.5 Å². The Labute approximate surface area is 104 Å². The molecule has 0 aromatic heterocycles. The molecular formula is C10H24N2OS2. The monoisotopic (exact) mass is 252 g/mol. The van der Waals surface area contributed by atoms with Crippen molar-refractivity contribution in [1.82, 2.24) is 0 Å². The van der Waals surface area contributed by atoms with E-state index in [0.29, 0.717) is 18.2 Å². The van der Waals surface area contributed by atoms with Crippen molar-refractivity contribution in [2.75, 3.05) is 11.5 Å². The first-order valence-corrected chi connectivity index (χ1v) is 6.55. The van der Waals surface area contributed by atoms with Crippen LogP contribution in [-0.2, 0) is 4.79 Å². The number of carbonyl (C=O) groups excluding carboxylic acids is 1. The average molecular weight is 252 g/mol. The van der Waals surface area contributed by atoms with Crippen LogP contribution in [0.15, 0.2) is 0 Å². The van der Waals surface area contributed by atoms with Gasteiger partial charge in [-0.3, -0.25) is 4.79 Å². The number of thiol groups is 2. The van der Waals surface area contributed by atoms with Gasteiger partial charge in [-0.1, -0.05) is 20.3 Å². The molecule has 2 unspecified atom stereocenters. The zero-order valence-electron chi connectivity index (χ0n) is 9.65. The quantitative estimate of drug-likeness (QED) is 0.538. The number of hydrogen-bond donors (Lipinski definition) is 4. The Morgan fingerprint density at radius 2 is 1.73 bits per heavy atom. The number of nitrogens with two attached hydrogens (primary N) is 2. The predicted molar refractivity (Wildman–Crippen MR) is 73.9 cm³/mol. The van der Waals surface area contributed by atoms with E-state index in [1.54, 1.807) is 6.92 Å². The maximum atomic E-state index is 10.6. The van der Waals surface area contributed by atoms with E-state index in [1.807, 2.05) is 0 Å². The van der Waals surface area contributed by atoms with E-state index < -0.39 is 0 Å². The van der Waals surface area contributed by atoms with E-state index in [1.165, 1.54) is 6.42 Å². The molecule has 0 amide bonds. The van der Waals surface area contributed by atoms with Crippen LogP contribution in [0, 0.1) is 0 Å². The minimum atomic E-state index is -0.358. The van der Waals surface area contributed by atoms with Gasteiger partial charge in [-0.05, 0) is 6.42 Å². The van der Waals surface area contributed by atoms with Gasteiger partial charge in [0.2, 0.25) is 0 Å². The second kappa shape index (κ2) is 12.4. The molecule has 3 nitrogen and oxygen atoms in total. The molecule has 92 valence electrons. The molecule has 0 aliphatic carbocycles. The number of hydrogen-bond acceptors (Lipinski definition) is 5. The van der Waals surface area contributed by atoms with Crippen molar-refractivity contribution in [1.29, 1.82) is 0 Å². The summed E-state index contributed by atoms with van der Waals surface area (Å²) in [6, 6.07) is -0.0448. The molecule has 0 rings (SSSR count). The van der Waals surface area contributed by atoms with E-state index in [0.717, 1.165) is 12.2 Å². The number of rotatable bonds is 6. The van der Waals surface area contributed by atoms with E-state index >= 15 is 0 Å². The number of Topliss-reactive ketones (excluding diaryl/α,β-unsaturated/α-hetero) is 1. The molecule has 0 saturated carbocycles. The van der Waals surface area contributed by atoms with Crippen molar-refractivity contribution < 1.29 is 4.79 Å². The van der Waals surface area contributed by atoms with Gasteiger partial charge in [0.1, 0.15) is 5.78 Å². The molecule has 4 N–H and O–H groups in total. The maximum absolute atomic E-state index is 10.6. The van der Waals surface area contributed by atoms with E-state index in [-0.39, 0.29) is 11.8 Å². The first-order chi connectivity index (χ1) is 7.03. The van der Waals surface area contributed by atoms with Crippen molar-refractivity contribution in [2.45, 2.75) is 45.2 Å². The van der Waals surface area contributed by atoms with Gasteiger partial charge in [0.25, 0.3) is 0 Å². The zero-order chi connectivity index (χ0) is 12.3. The molecule has 0 spiro atoms. The lowest BCUT2D eigenvalue weighted by atomic mass is 10.2. The van der Waals surface area contributed by atoms with Crippen LogP contribution in [-0.4, -0.2) is 29.4 Å². The highest BCUT2D eigenvalue weighted by molar-refractivity contribution is 7.80. The molecule has 15 heavy (non-hydrogen) atoms. The second-order valence-corrected chi connectivity index (χ2v) is 4.07. The SMILES string of the molecule is CCC(=O)C(N)CS.CCCC(N)CS. The van der Waals surface area contributed by atoms with Crippen molar-refractivity contribution in [2.24, 2.45) is 11.5 Å². The zero-order valence-corrected chi connectivity index (χ0v) is 11.4. The standard InChI is InChI=1S/C5H11NOS.C5H13NS/c1-2-5(7)4(6)3-8;1-2-3-5(6)4-7/h4,8H,2-3,6H2,1H3;5,7H,2-4,6H2,1H3. The van der Waals surface area contributed by atoms with E-state index in [4.69, 9.17) is 11.5 Å². The Morgan fingerprint density at radius 1 is 1.20 bits per heavy atom. The van der Waals surface area contributed by atoms with Crippen LogP contribution in [0.2, 0.25) is 0 Å². The van der Waals surface area contributed by atoms with Crippen LogP contribution < -0.4 is 11.5 Å². The lowest BCUT2D eigenvalue weighted by Gasteiger charge is -2.02. The Kier molecular flexibility index (Phi) is 14.6. The summed E-state index contributed by atoms with van der Waals surface area (Å²) in [5, 5.41) is 0. The van der Waals surface area contributed by atoms with Crippen LogP contribution in [0.3, 0.4) is 0 Å². The van der Waals surface area contributed by atoms with Crippen molar-refractivity contribution in [3.8, 4) is 0 Å². The van der Waals surface area contributed by atoms with Crippen LogP contribution in [0.25, 0.3) is 0 Å². The van der Waals surface area contributed by atoms with Gasteiger partial charge in [0.05, 0.1) is 6.04 Å². The molecule has 0 aliphatic heterocycles. The molecule has 0 aromatic carbocycles. The van der Waals surface area contributed by atoms with Crippen molar-refractivity contribution in [3.05, 3.63) is 0 Å². The Hall–Kier alpha value is 0.290. The lowest BCUT2D eigenvalue weighted by Crippen LogP contribution is -2.31. The summed E-state index contributed by atoms with van der Waals surface area (Å²) in [6.07, 6.45) is 2.78. The topological polar surface area (TPSA) is 69.1 Å². The van der Waals surface area contributed by atoms with Gasteiger partial charge in [0, 0.05) is 24.0 Å². The van der Waals surface area contributed by atoms with Crippen LogP contribution in [0.1, 0.15) is 33.1 Å². The number of carbonyl (C=O) groups is 1. The molecule has 0 bridgehead atoms. The Balaban J connectivity index is 0. The molecule has 2 atom stereocenters. The first kappa shape index (κ1) is 17.7. The first-order valence-electron chi connectivity index (χ1n) is 5.28. The van der Waals surface area contributed by atoms with Crippen molar-refractivity contribution >= 4 is 31.0 Å². The largest absolute Gasteiger partial charge is 0.327 e. The predicted octanol–water partition coefficient (Wildman–Crippen LogP) is 1.27. The Morgan fingerprint density at radius 3 is 1.87 bits per heavy atom. The fraction of sp³-hybridized carbons (Fsp3) is 0.900. The van der Waals surface area contributed by atoms with E-state index in [9.17, 15) is 4.79 Å². The highest BCUT2D eigenvalue weighted by Crippen LogP contribution is 1.93. The fourth-order valence-electron chi connectivity index (χ4n) is 0.826. The molecule has 0 aromatic rings. The molecule has 0 heterocycles. The molecule has 0 saturated heterocycles. The molecule has 0 aliphatic rings. The summed E-state index contributed by atoms with van der Waals surface area (Å²) in [6.45, 7) is 3.93. The average Bonchev–Trinajstić information content (AvgIpc) is 2.27. The van der Waals surface area contributed by atoms with Gasteiger partial charge in [0.15, 0.2) is 0 Å². The smallest absolute Gasteiger partial charge is 0.150 e. The summed E-state index contributed by atoms with van der Waals surface area (Å²) >= 11 is 7.89. The van der Waals surface area contributed by atoms with Crippen LogP contribution in [0.4, 0.5) is 0 Å². The molecule has 0 radical (unpaired) electrons. The van der Waals surface area contributed by atoms with Gasteiger partial charge >= 0.3 is 0 Å². The van der Waals surface area contributed by atoms with Gasteiger partial charge in [-0.2, -0.15) is 25.3 Å². The third-order valence-electron chi connectivity index (χ3n) is 1.85. The second-order valence-electron chi connectivity index (χ2n) is 3.34. The van der Waals surface area contributed by atoms with Gasteiger partial charge in [-0.25, -0.2) is 0 Å². The highest BCUT2D eigenvalue weighted by atomic mass is 32.1. The summed E-state index contributed by atoms with van der Waals surface area (Å²) < 4.78 is 0. The molecule has 0 fully saturated rings. The summed E-state index contributed by atoms with van der Waals surface area (Å²) in [5.41, 5.74) is 10.8. The minimum absolute atomic E-state index is 0.0833.